The molecule has 2 atom stereocenters. The van der Waals surface area contributed by atoms with Crippen molar-refractivity contribution in [3.63, 3.8) is 0 Å². The summed E-state index contributed by atoms with van der Waals surface area (Å²) in [7, 11) is 0. The van der Waals surface area contributed by atoms with Gasteiger partial charge in [0.25, 0.3) is 0 Å². The van der Waals surface area contributed by atoms with Crippen molar-refractivity contribution in [2.24, 2.45) is 17.0 Å². The first-order valence-electron chi connectivity index (χ1n) is 6.37. The van der Waals surface area contributed by atoms with Crippen LogP contribution in [0.4, 0.5) is 0 Å². The summed E-state index contributed by atoms with van der Waals surface area (Å²) < 4.78 is 0. The molecule has 2 heteroatoms. The van der Waals surface area contributed by atoms with Gasteiger partial charge >= 0.3 is 0 Å². The highest BCUT2D eigenvalue weighted by Crippen LogP contribution is 2.41. The first-order valence-corrected chi connectivity index (χ1v) is 6.37. The fourth-order valence-electron chi connectivity index (χ4n) is 3.21. The average molecular weight is 227 g/mol. The maximum absolute atomic E-state index is 9.22. The Kier molecular flexibility index (Phi) is 2.71. The Morgan fingerprint density at radius 3 is 2.71 bits per heavy atom. The third-order valence-electron chi connectivity index (χ3n) is 4.04. The van der Waals surface area contributed by atoms with E-state index in [0.717, 1.165) is 18.6 Å². The molecular formula is C15H17NO. The van der Waals surface area contributed by atoms with Crippen molar-refractivity contribution in [3.05, 3.63) is 42.0 Å². The van der Waals surface area contributed by atoms with Crippen LogP contribution >= 0.6 is 0 Å². The number of fused-ring (bicyclic) bond motifs is 2. The Morgan fingerprint density at radius 1 is 1.12 bits per heavy atom. The molecule has 1 aromatic carbocycles. The van der Waals surface area contributed by atoms with E-state index in [1.54, 1.807) is 0 Å². The van der Waals surface area contributed by atoms with Crippen molar-refractivity contribution in [2.75, 3.05) is 0 Å². The second-order valence-electron chi connectivity index (χ2n) is 4.97. The molecule has 2 nitrogen and oxygen atoms in total. The highest BCUT2D eigenvalue weighted by molar-refractivity contribution is 6.00. The Bertz CT molecular complexity index is 461. The molecule has 88 valence electrons. The predicted octanol–water partition coefficient (Wildman–Crippen LogP) is 3.72. The summed E-state index contributed by atoms with van der Waals surface area (Å²) >= 11 is 0. The normalized spacial score (nSPS) is 30.1. The van der Waals surface area contributed by atoms with Gasteiger partial charge in [0.15, 0.2) is 0 Å². The van der Waals surface area contributed by atoms with Crippen LogP contribution in [0.2, 0.25) is 0 Å². The van der Waals surface area contributed by atoms with Crippen LogP contribution < -0.4 is 0 Å². The van der Waals surface area contributed by atoms with Gasteiger partial charge in [0.2, 0.25) is 0 Å². The van der Waals surface area contributed by atoms with Crippen LogP contribution in [0.15, 0.2) is 41.6 Å². The van der Waals surface area contributed by atoms with Gasteiger partial charge < -0.3 is 5.21 Å². The van der Waals surface area contributed by atoms with E-state index in [9.17, 15) is 5.21 Å². The molecule has 1 N–H and O–H groups in total. The van der Waals surface area contributed by atoms with Gasteiger partial charge in [0.1, 0.15) is 0 Å². The summed E-state index contributed by atoms with van der Waals surface area (Å²) in [5, 5.41) is 12.8. The van der Waals surface area contributed by atoms with Crippen molar-refractivity contribution in [1.82, 2.24) is 0 Å². The summed E-state index contributed by atoms with van der Waals surface area (Å²) in [4.78, 5) is 0. The molecule has 0 aliphatic heterocycles. The molecular weight excluding hydrogens is 210 g/mol. The van der Waals surface area contributed by atoms with Gasteiger partial charge in [0, 0.05) is 11.8 Å². The van der Waals surface area contributed by atoms with E-state index in [1.807, 2.05) is 6.07 Å². The molecule has 1 saturated carbocycles. The van der Waals surface area contributed by atoms with Gasteiger partial charge in [-0.05, 0) is 30.4 Å². The Balaban J connectivity index is 2.01. The second kappa shape index (κ2) is 4.36. The Hall–Kier alpha value is -1.57. The maximum Gasteiger partial charge on any atom is 0.0679 e. The highest BCUT2D eigenvalue weighted by Gasteiger charge is 2.35. The minimum absolute atomic E-state index is 0.342. The number of hydrogen-bond acceptors (Lipinski definition) is 2. The predicted molar refractivity (Wildman–Crippen MR) is 69.1 cm³/mol. The van der Waals surface area contributed by atoms with Crippen LogP contribution in [0, 0.1) is 11.8 Å². The van der Waals surface area contributed by atoms with Crippen molar-refractivity contribution < 1.29 is 5.21 Å². The van der Waals surface area contributed by atoms with E-state index in [2.05, 4.69) is 35.5 Å². The molecule has 17 heavy (non-hydrogen) atoms. The van der Waals surface area contributed by atoms with Gasteiger partial charge in [-0.2, -0.15) is 0 Å². The van der Waals surface area contributed by atoms with Crippen molar-refractivity contribution in [3.8, 4) is 0 Å². The fraction of sp³-hybridized carbons (Fsp3) is 0.400. The molecule has 2 aliphatic rings. The van der Waals surface area contributed by atoms with E-state index in [0.29, 0.717) is 11.8 Å². The van der Waals surface area contributed by atoms with Gasteiger partial charge in [-0.1, -0.05) is 48.0 Å². The molecule has 2 aliphatic carbocycles. The lowest BCUT2D eigenvalue weighted by Gasteiger charge is -2.35. The summed E-state index contributed by atoms with van der Waals surface area (Å²) in [6.07, 6.45) is 6.92. The smallest absolute Gasteiger partial charge is 0.0679 e. The minimum Gasteiger partial charge on any atom is -0.411 e. The summed E-state index contributed by atoms with van der Waals surface area (Å²) in [5.74, 6) is 0.820. The molecule has 0 aromatic heterocycles. The molecule has 2 unspecified atom stereocenters. The minimum atomic E-state index is 0.342. The molecule has 0 radical (unpaired) electrons. The van der Waals surface area contributed by atoms with Crippen LogP contribution in [-0.4, -0.2) is 10.9 Å². The van der Waals surface area contributed by atoms with Crippen molar-refractivity contribution >= 4 is 11.3 Å². The number of nitrogens with zero attached hydrogens (tertiary/aromatic N) is 1. The van der Waals surface area contributed by atoms with Gasteiger partial charge in [-0.3, -0.25) is 0 Å². The summed E-state index contributed by atoms with van der Waals surface area (Å²) in [6, 6.07) is 10.5. The van der Waals surface area contributed by atoms with E-state index >= 15 is 0 Å². The van der Waals surface area contributed by atoms with Crippen LogP contribution in [-0.2, 0) is 0 Å². The van der Waals surface area contributed by atoms with E-state index in [4.69, 9.17) is 0 Å². The van der Waals surface area contributed by atoms with E-state index in [-0.39, 0.29) is 0 Å². The number of oxime groups is 1. The quantitative estimate of drug-likeness (QED) is 0.575. The highest BCUT2D eigenvalue weighted by atomic mass is 16.4. The number of hydrogen-bond donors (Lipinski definition) is 1. The fourth-order valence-corrected chi connectivity index (χ4v) is 3.21. The molecule has 0 spiro atoms. The average Bonchev–Trinajstić information content (AvgIpc) is 2.39. The monoisotopic (exact) mass is 227 g/mol. The van der Waals surface area contributed by atoms with E-state index in [1.165, 1.54) is 24.0 Å². The third-order valence-corrected chi connectivity index (χ3v) is 4.04. The number of allylic oxidation sites excluding steroid dienone is 2. The summed E-state index contributed by atoms with van der Waals surface area (Å²) in [6.45, 7) is 0. The topological polar surface area (TPSA) is 32.6 Å². The Labute approximate surface area is 102 Å². The zero-order valence-corrected chi connectivity index (χ0v) is 9.84. The standard InChI is InChI=1S/C15H17NO/c17-16-15-12-7-4-8-14(15)13(10-9-12)11-5-2-1-3-6-11/h1-3,5-6,10,12,14,17H,4,7-9H2/b16-15+. The lowest BCUT2D eigenvalue weighted by atomic mass is 9.69. The van der Waals surface area contributed by atoms with Gasteiger partial charge in [-0.15, -0.1) is 0 Å². The SMILES string of the molecule is O/N=C1\C2CC=C(c3ccccc3)C1CCC2. The molecule has 0 heterocycles. The zero-order valence-electron chi connectivity index (χ0n) is 9.84. The summed E-state index contributed by atoms with van der Waals surface area (Å²) in [5.41, 5.74) is 3.64. The van der Waals surface area contributed by atoms with Crippen LogP contribution in [0.5, 0.6) is 0 Å². The third kappa shape index (κ3) is 1.78. The number of rotatable bonds is 1. The Morgan fingerprint density at radius 2 is 1.94 bits per heavy atom. The molecule has 1 aromatic rings. The van der Waals surface area contributed by atoms with Crippen molar-refractivity contribution in [1.29, 1.82) is 0 Å². The zero-order chi connectivity index (χ0) is 11.7. The first-order chi connectivity index (χ1) is 8.40. The second-order valence-corrected chi connectivity index (χ2v) is 4.97. The maximum atomic E-state index is 9.22. The first kappa shape index (κ1) is 10.6. The molecule has 0 saturated heterocycles. The van der Waals surface area contributed by atoms with Crippen LogP contribution in [0.25, 0.3) is 5.57 Å². The van der Waals surface area contributed by atoms with Crippen LogP contribution in [0.3, 0.4) is 0 Å². The van der Waals surface area contributed by atoms with E-state index < -0.39 is 0 Å². The largest absolute Gasteiger partial charge is 0.411 e. The van der Waals surface area contributed by atoms with Gasteiger partial charge in [0.05, 0.1) is 5.71 Å². The molecule has 1 fully saturated rings. The molecule has 0 amide bonds. The molecule has 2 bridgehead atoms. The van der Waals surface area contributed by atoms with Gasteiger partial charge in [-0.25, -0.2) is 0 Å². The van der Waals surface area contributed by atoms with Crippen LogP contribution in [0.1, 0.15) is 31.2 Å². The number of benzene rings is 1. The lowest BCUT2D eigenvalue weighted by molar-refractivity contribution is 0.304. The van der Waals surface area contributed by atoms with Crippen molar-refractivity contribution in [2.45, 2.75) is 25.7 Å². The lowest BCUT2D eigenvalue weighted by Crippen LogP contribution is -2.32. The molecule has 3 rings (SSSR count).